The van der Waals surface area contributed by atoms with Gasteiger partial charge in [-0.3, -0.25) is 4.68 Å². The van der Waals surface area contributed by atoms with Crippen LogP contribution in [0.5, 0.6) is 0 Å². The highest BCUT2D eigenvalue weighted by atomic mass is 79.9. The van der Waals surface area contributed by atoms with E-state index in [9.17, 15) is 4.39 Å². The van der Waals surface area contributed by atoms with Crippen molar-refractivity contribution >= 4 is 15.9 Å². The Bertz CT molecular complexity index is 539. The second kappa shape index (κ2) is 5.63. The molecule has 0 aliphatic carbocycles. The Kier molecular flexibility index (Phi) is 4.14. The number of rotatable bonds is 4. The molecule has 0 amide bonds. The summed E-state index contributed by atoms with van der Waals surface area (Å²) in [4.78, 5) is 0. The van der Waals surface area contributed by atoms with Crippen LogP contribution in [0, 0.1) is 5.82 Å². The lowest BCUT2D eigenvalue weighted by Gasteiger charge is -2.14. The van der Waals surface area contributed by atoms with Gasteiger partial charge in [0.05, 0.1) is 5.69 Å². The number of halogens is 2. The van der Waals surface area contributed by atoms with Gasteiger partial charge in [-0.05, 0) is 31.2 Å². The van der Waals surface area contributed by atoms with E-state index in [2.05, 4.69) is 26.3 Å². The first kappa shape index (κ1) is 13.2. The third-order valence-corrected chi connectivity index (χ3v) is 3.28. The van der Waals surface area contributed by atoms with E-state index in [-0.39, 0.29) is 11.9 Å². The van der Waals surface area contributed by atoms with E-state index in [0.717, 1.165) is 10.2 Å². The first-order valence-electron chi connectivity index (χ1n) is 5.73. The molecule has 2 aromatic rings. The van der Waals surface area contributed by atoms with E-state index in [0.29, 0.717) is 12.1 Å². The Hall–Kier alpha value is -1.20. The van der Waals surface area contributed by atoms with Crippen LogP contribution in [0.25, 0.3) is 0 Å². The number of nitrogens with zero attached hydrogens (tertiary/aromatic N) is 2. The molecule has 3 nitrogen and oxygen atoms in total. The summed E-state index contributed by atoms with van der Waals surface area (Å²) in [5.74, 6) is -0.195. The van der Waals surface area contributed by atoms with Gasteiger partial charge in [0.25, 0.3) is 0 Å². The number of aryl methyl sites for hydroxylation is 1. The van der Waals surface area contributed by atoms with Gasteiger partial charge in [-0.1, -0.05) is 15.9 Å². The van der Waals surface area contributed by atoms with E-state index in [4.69, 9.17) is 0 Å². The molecule has 0 radical (unpaired) electrons. The van der Waals surface area contributed by atoms with E-state index in [1.165, 1.54) is 6.07 Å². The van der Waals surface area contributed by atoms with Crippen molar-refractivity contribution in [1.82, 2.24) is 15.1 Å². The van der Waals surface area contributed by atoms with Crippen molar-refractivity contribution in [2.24, 2.45) is 7.05 Å². The van der Waals surface area contributed by atoms with Crippen molar-refractivity contribution in [1.29, 1.82) is 0 Å². The minimum absolute atomic E-state index is 0.0653. The molecule has 0 spiro atoms. The highest BCUT2D eigenvalue weighted by Crippen LogP contribution is 2.21. The van der Waals surface area contributed by atoms with Crippen molar-refractivity contribution in [3.8, 4) is 0 Å². The minimum Gasteiger partial charge on any atom is -0.304 e. The van der Waals surface area contributed by atoms with Crippen molar-refractivity contribution in [2.45, 2.75) is 19.5 Å². The Balaban J connectivity index is 2.03. The molecule has 1 aromatic carbocycles. The van der Waals surface area contributed by atoms with E-state index < -0.39 is 0 Å². The predicted octanol–water partition coefficient (Wildman–Crippen LogP) is 3.17. The lowest BCUT2D eigenvalue weighted by molar-refractivity contribution is 0.522. The lowest BCUT2D eigenvalue weighted by atomic mass is 10.1. The molecule has 2 rings (SSSR count). The summed E-state index contributed by atoms with van der Waals surface area (Å²) < 4.78 is 16.3. The van der Waals surface area contributed by atoms with Gasteiger partial charge < -0.3 is 5.32 Å². The van der Waals surface area contributed by atoms with Crippen LogP contribution in [0.3, 0.4) is 0 Å². The fourth-order valence-electron chi connectivity index (χ4n) is 1.77. The summed E-state index contributed by atoms with van der Waals surface area (Å²) in [6, 6.07) is 6.84. The number of aromatic nitrogens is 2. The molecular weight excluding hydrogens is 297 g/mol. The molecule has 0 bridgehead atoms. The highest BCUT2D eigenvalue weighted by Gasteiger charge is 2.11. The molecule has 1 aromatic heterocycles. The van der Waals surface area contributed by atoms with Crippen LogP contribution in [0.2, 0.25) is 0 Å². The fraction of sp³-hybridized carbons (Fsp3) is 0.308. The Morgan fingerprint density at radius 3 is 2.89 bits per heavy atom. The van der Waals surface area contributed by atoms with Gasteiger partial charge in [-0.25, -0.2) is 4.39 Å². The van der Waals surface area contributed by atoms with E-state index in [1.807, 2.05) is 26.2 Å². The van der Waals surface area contributed by atoms with Gasteiger partial charge in [0.15, 0.2) is 0 Å². The summed E-state index contributed by atoms with van der Waals surface area (Å²) in [6.45, 7) is 2.56. The quantitative estimate of drug-likeness (QED) is 0.940. The number of hydrogen-bond acceptors (Lipinski definition) is 2. The summed E-state index contributed by atoms with van der Waals surface area (Å²) in [5.41, 5.74) is 1.60. The molecule has 0 fully saturated rings. The van der Waals surface area contributed by atoms with Crippen LogP contribution < -0.4 is 5.32 Å². The average Bonchev–Trinajstić information content (AvgIpc) is 2.75. The number of nitrogens with one attached hydrogen (secondary N) is 1. The molecule has 18 heavy (non-hydrogen) atoms. The standard InChI is InChI=1S/C13H15BrFN3/c1-9(12-7-10(14)3-4-13(12)15)16-8-11-5-6-18(2)17-11/h3-7,9,16H,8H2,1-2H3. The maximum atomic E-state index is 13.7. The normalized spacial score (nSPS) is 12.7. The highest BCUT2D eigenvalue weighted by molar-refractivity contribution is 9.10. The average molecular weight is 312 g/mol. The van der Waals surface area contributed by atoms with Gasteiger partial charge in [0.1, 0.15) is 5.82 Å². The third kappa shape index (κ3) is 3.17. The Labute approximate surface area is 114 Å². The van der Waals surface area contributed by atoms with Crippen LogP contribution in [0.4, 0.5) is 4.39 Å². The zero-order valence-corrected chi connectivity index (χ0v) is 11.9. The van der Waals surface area contributed by atoms with Crippen LogP contribution in [0.1, 0.15) is 24.2 Å². The first-order valence-corrected chi connectivity index (χ1v) is 6.52. The Morgan fingerprint density at radius 1 is 1.44 bits per heavy atom. The zero-order chi connectivity index (χ0) is 13.1. The van der Waals surface area contributed by atoms with Crippen molar-refractivity contribution < 1.29 is 4.39 Å². The minimum atomic E-state index is -0.195. The van der Waals surface area contributed by atoms with Gasteiger partial charge in [0, 0.05) is 35.9 Å². The zero-order valence-electron chi connectivity index (χ0n) is 10.3. The number of benzene rings is 1. The smallest absolute Gasteiger partial charge is 0.128 e. The molecule has 1 unspecified atom stereocenters. The van der Waals surface area contributed by atoms with Crippen molar-refractivity contribution in [3.05, 3.63) is 52.0 Å². The summed E-state index contributed by atoms with van der Waals surface area (Å²) >= 11 is 3.35. The fourth-order valence-corrected chi connectivity index (χ4v) is 2.15. The van der Waals surface area contributed by atoms with Crippen LogP contribution in [-0.2, 0) is 13.6 Å². The van der Waals surface area contributed by atoms with Crippen LogP contribution in [-0.4, -0.2) is 9.78 Å². The topological polar surface area (TPSA) is 29.9 Å². The molecule has 1 N–H and O–H groups in total. The molecule has 1 heterocycles. The summed E-state index contributed by atoms with van der Waals surface area (Å²) in [6.07, 6.45) is 1.89. The van der Waals surface area contributed by atoms with Crippen molar-refractivity contribution in [2.75, 3.05) is 0 Å². The predicted molar refractivity (Wildman–Crippen MR) is 72.6 cm³/mol. The molecular formula is C13H15BrFN3. The van der Waals surface area contributed by atoms with E-state index >= 15 is 0 Å². The second-order valence-corrected chi connectivity index (χ2v) is 5.16. The first-order chi connectivity index (χ1) is 8.56. The second-order valence-electron chi connectivity index (χ2n) is 4.25. The van der Waals surface area contributed by atoms with Crippen LogP contribution in [0.15, 0.2) is 34.9 Å². The third-order valence-electron chi connectivity index (χ3n) is 2.78. The maximum Gasteiger partial charge on any atom is 0.128 e. The largest absolute Gasteiger partial charge is 0.304 e. The maximum absolute atomic E-state index is 13.7. The van der Waals surface area contributed by atoms with Gasteiger partial charge in [-0.15, -0.1) is 0 Å². The SMILES string of the molecule is CC(NCc1ccn(C)n1)c1cc(Br)ccc1F. The lowest BCUT2D eigenvalue weighted by Crippen LogP contribution is -2.19. The molecule has 0 saturated heterocycles. The van der Waals surface area contributed by atoms with Gasteiger partial charge in [-0.2, -0.15) is 5.10 Å². The van der Waals surface area contributed by atoms with E-state index in [1.54, 1.807) is 16.8 Å². The molecule has 5 heteroatoms. The Morgan fingerprint density at radius 2 is 2.22 bits per heavy atom. The van der Waals surface area contributed by atoms with Crippen LogP contribution >= 0.6 is 15.9 Å². The summed E-state index contributed by atoms with van der Waals surface area (Å²) in [5, 5.41) is 7.53. The van der Waals surface area contributed by atoms with Gasteiger partial charge in [0.2, 0.25) is 0 Å². The molecule has 0 aliphatic rings. The van der Waals surface area contributed by atoms with Crippen molar-refractivity contribution in [3.63, 3.8) is 0 Å². The molecule has 0 aliphatic heterocycles. The monoisotopic (exact) mass is 311 g/mol. The molecule has 0 saturated carbocycles. The molecule has 1 atom stereocenters. The van der Waals surface area contributed by atoms with Gasteiger partial charge >= 0.3 is 0 Å². The molecule has 96 valence electrons. The number of hydrogen-bond donors (Lipinski definition) is 1. The summed E-state index contributed by atoms with van der Waals surface area (Å²) in [7, 11) is 1.88.